The molecule has 0 aromatic heterocycles. The molecular formula is C7H13O2. The van der Waals surface area contributed by atoms with Gasteiger partial charge in [-0.2, -0.15) is 0 Å². The van der Waals surface area contributed by atoms with Crippen LogP contribution in [0.5, 0.6) is 0 Å². The third-order valence-electron chi connectivity index (χ3n) is 1.08. The van der Waals surface area contributed by atoms with Gasteiger partial charge in [-0.1, -0.05) is 20.8 Å². The van der Waals surface area contributed by atoms with Crippen LogP contribution in [0.25, 0.3) is 0 Å². The lowest BCUT2D eigenvalue weighted by molar-refractivity contribution is -0.143. The van der Waals surface area contributed by atoms with Crippen molar-refractivity contribution in [3.8, 4) is 0 Å². The maximum atomic E-state index is 9.93. The Balaban J connectivity index is 3.39. The normalized spacial score (nSPS) is 11.4. The highest BCUT2D eigenvalue weighted by atomic mass is 16.4. The van der Waals surface area contributed by atoms with Crippen LogP contribution < -0.4 is 0 Å². The smallest absolute Gasteiger partial charge is 0.247 e. The summed E-state index contributed by atoms with van der Waals surface area (Å²) < 4.78 is 0. The quantitative estimate of drug-likeness (QED) is 0.559. The standard InChI is InChI=1S/C7H13O2/c1-7(2,3)5-4-6(8)9/h4-5H2,1-3H3. The van der Waals surface area contributed by atoms with Crippen LogP contribution in [-0.2, 0) is 9.90 Å². The summed E-state index contributed by atoms with van der Waals surface area (Å²) in [6.45, 7) is 6.03. The molecule has 0 saturated carbocycles. The average molecular weight is 129 g/mol. The Bertz CT molecular complexity index is 100.0. The summed E-state index contributed by atoms with van der Waals surface area (Å²) in [7, 11) is 0. The van der Waals surface area contributed by atoms with Crippen molar-refractivity contribution in [1.82, 2.24) is 0 Å². The second-order valence-corrected chi connectivity index (χ2v) is 3.43. The molecule has 0 unspecified atom stereocenters. The van der Waals surface area contributed by atoms with E-state index in [1.165, 1.54) is 0 Å². The molecule has 53 valence electrons. The minimum Gasteiger partial charge on any atom is -0.247 e. The second kappa shape index (κ2) is 2.85. The van der Waals surface area contributed by atoms with Gasteiger partial charge in [0.15, 0.2) is 0 Å². The molecule has 9 heavy (non-hydrogen) atoms. The van der Waals surface area contributed by atoms with Crippen molar-refractivity contribution in [1.29, 1.82) is 0 Å². The molecule has 1 radical (unpaired) electrons. The van der Waals surface area contributed by atoms with Gasteiger partial charge in [-0.3, -0.25) is 0 Å². The van der Waals surface area contributed by atoms with Gasteiger partial charge in [0, 0.05) is 0 Å². The molecule has 0 rings (SSSR count). The molecule has 0 aliphatic carbocycles. The SMILES string of the molecule is CC(C)(C)CCC([O])=O. The molecule has 0 saturated heterocycles. The van der Waals surface area contributed by atoms with Gasteiger partial charge in [-0.25, -0.2) is 9.90 Å². The molecule has 0 bridgehead atoms. The van der Waals surface area contributed by atoms with Gasteiger partial charge < -0.3 is 0 Å². The molecule has 0 aromatic rings. The molecule has 2 nitrogen and oxygen atoms in total. The first-order chi connectivity index (χ1) is 3.92. The van der Waals surface area contributed by atoms with Crippen molar-refractivity contribution in [2.24, 2.45) is 5.41 Å². The van der Waals surface area contributed by atoms with E-state index in [-0.39, 0.29) is 11.8 Å². The third-order valence-corrected chi connectivity index (χ3v) is 1.08. The lowest BCUT2D eigenvalue weighted by atomic mass is 9.91. The molecular weight excluding hydrogens is 116 g/mol. The van der Waals surface area contributed by atoms with E-state index in [0.717, 1.165) is 0 Å². The molecule has 0 spiro atoms. The Labute approximate surface area is 55.9 Å². The van der Waals surface area contributed by atoms with E-state index < -0.39 is 5.97 Å². The second-order valence-electron chi connectivity index (χ2n) is 3.43. The van der Waals surface area contributed by atoms with E-state index in [2.05, 4.69) is 0 Å². The third kappa shape index (κ3) is 7.47. The highest BCUT2D eigenvalue weighted by Gasteiger charge is 2.12. The van der Waals surface area contributed by atoms with Crippen LogP contribution >= 0.6 is 0 Å². The van der Waals surface area contributed by atoms with Crippen LogP contribution in [0.15, 0.2) is 0 Å². The fourth-order valence-electron chi connectivity index (χ4n) is 0.477. The highest BCUT2D eigenvalue weighted by Crippen LogP contribution is 2.19. The van der Waals surface area contributed by atoms with Crippen LogP contribution in [0.4, 0.5) is 0 Å². The zero-order valence-corrected chi connectivity index (χ0v) is 6.23. The van der Waals surface area contributed by atoms with Gasteiger partial charge in [0.25, 0.3) is 0 Å². The fourth-order valence-corrected chi connectivity index (χ4v) is 0.477. The summed E-state index contributed by atoms with van der Waals surface area (Å²) in [5, 5.41) is 9.93. The monoisotopic (exact) mass is 129 g/mol. The maximum absolute atomic E-state index is 9.93. The molecule has 0 N–H and O–H groups in total. The largest absolute Gasteiger partial charge is 0.355 e. The molecule has 0 aliphatic rings. The molecule has 0 aromatic carbocycles. The van der Waals surface area contributed by atoms with Crippen LogP contribution in [0.1, 0.15) is 33.6 Å². The van der Waals surface area contributed by atoms with Crippen LogP contribution in [-0.4, -0.2) is 5.97 Å². The Morgan fingerprint density at radius 3 is 1.89 bits per heavy atom. The van der Waals surface area contributed by atoms with Gasteiger partial charge >= 0.3 is 5.97 Å². The minimum atomic E-state index is -0.954. The molecule has 2 heteroatoms. The van der Waals surface area contributed by atoms with E-state index in [4.69, 9.17) is 0 Å². The lowest BCUT2D eigenvalue weighted by Gasteiger charge is -2.15. The summed E-state index contributed by atoms with van der Waals surface area (Å²) in [5.41, 5.74) is 0.111. The summed E-state index contributed by atoms with van der Waals surface area (Å²) >= 11 is 0. The van der Waals surface area contributed by atoms with E-state index in [9.17, 15) is 9.90 Å². The first-order valence-corrected chi connectivity index (χ1v) is 3.12. The Morgan fingerprint density at radius 2 is 1.78 bits per heavy atom. The molecule has 0 atom stereocenters. The highest BCUT2D eigenvalue weighted by molar-refractivity contribution is 5.66. The molecule has 0 amide bonds. The van der Waals surface area contributed by atoms with Crippen LogP contribution in [0.3, 0.4) is 0 Å². The maximum Gasteiger partial charge on any atom is 0.355 e. The zero-order valence-electron chi connectivity index (χ0n) is 6.23. The van der Waals surface area contributed by atoms with Gasteiger partial charge in [-0.05, 0) is 11.8 Å². The van der Waals surface area contributed by atoms with E-state index in [1.807, 2.05) is 20.8 Å². The van der Waals surface area contributed by atoms with Crippen LogP contribution in [0, 0.1) is 5.41 Å². The van der Waals surface area contributed by atoms with Crippen LogP contribution in [0.2, 0.25) is 0 Å². The van der Waals surface area contributed by atoms with Crippen molar-refractivity contribution in [3.63, 3.8) is 0 Å². The summed E-state index contributed by atoms with van der Waals surface area (Å²) in [6, 6.07) is 0. The predicted molar refractivity (Wildman–Crippen MR) is 34.4 cm³/mol. The van der Waals surface area contributed by atoms with Crippen molar-refractivity contribution in [2.75, 3.05) is 0 Å². The van der Waals surface area contributed by atoms with Crippen molar-refractivity contribution < 1.29 is 9.90 Å². The fraction of sp³-hybridized carbons (Fsp3) is 0.857. The topological polar surface area (TPSA) is 37.0 Å². The lowest BCUT2D eigenvalue weighted by Crippen LogP contribution is -2.07. The molecule has 0 heterocycles. The van der Waals surface area contributed by atoms with Crippen molar-refractivity contribution >= 4 is 5.97 Å². The van der Waals surface area contributed by atoms with Crippen molar-refractivity contribution in [3.05, 3.63) is 0 Å². The summed E-state index contributed by atoms with van der Waals surface area (Å²) in [4.78, 5) is 9.93. The van der Waals surface area contributed by atoms with E-state index >= 15 is 0 Å². The number of hydrogen-bond donors (Lipinski definition) is 0. The van der Waals surface area contributed by atoms with Gasteiger partial charge in [0.05, 0.1) is 6.42 Å². The summed E-state index contributed by atoms with van der Waals surface area (Å²) in [5.74, 6) is -0.954. The van der Waals surface area contributed by atoms with E-state index in [1.54, 1.807) is 0 Å². The average Bonchev–Trinajstić information content (AvgIpc) is 1.59. The first kappa shape index (κ1) is 8.47. The number of rotatable bonds is 2. The van der Waals surface area contributed by atoms with E-state index in [0.29, 0.717) is 6.42 Å². The Morgan fingerprint density at radius 1 is 1.33 bits per heavy atom. The van der Waals surface area contributed by atoms with Gasteiger partial charge in [0.2, 0.25) is 0 Å². The minimum absolute atomic E-state index is 0.111. The Hall–Kier alpha value is -0.530. The first-order valence-electron chi connectivity index (χ1n) is 3.12. The number of hydrogen-bond acceptors (Lipinski definition) is 1. The molecule has 0 aliphatic heterocycles. The summed E-state index contributed by atoms with van der Waals surface area (Å²) in [6.07, 6.45) is 0.860. The number of carbonyl (C=O) groups is 1. The molecule has 0 fully saturated rings. The number of carbonyl (C=O) groups excluding carboxylic acids is 1. The zero-order chi connectivity index (χ0) is 7.49. The van der Waals surface area contributed by atoms with Gasteiger partial charge in [-0.15, -0.1) is 0 Å². The Kier molecular flexibility index (Phi) is 2.68. The predicted octanol–water partition coefficient (Wildman–Crippen LogP) is 1.77. The van der Waals surface area contributed by atoms with Crippen molar-refractivity contribution in [2.45, 2.75) is 33.6 Å². The van der Waals surface area contributed by atoms with Gasteiger partial charge in [0.1, 0.15) is 0 Å².